The summed E-state index contributed by atoms with van der Waals surface area (Å²) in [6.45, 7) is 10.7. The van der Waals surface area contributed by atoms with Crippen LogP contribution in [0.25, 0.3) is 0 Å². The van der Waals surface area contributed by atoms with Gasteiger partial charge in [-0.2, -0.15) is 0 Å². The molecule has 0 aromatic rings. The van der Waals surface area contributed by atoms with Crippen LogP contribution < -0.4 is 0 Å². The van der Waals surface area contributed by atoms with Crippen molar-refractivity contribution in [3.05, 3.63) is 12.2 Å². The average Bonchev–Trinajstić information content (AvgIpc) is 3.27. The second kappa shape index (κ2) is 4.89. The number of hydrogen-bond donors (Lipinski definition) is 0. The summed E-state index contributed by atoms with van der Waals surface area (Å²) < 4.78 is 5.83. The van der Waals surface area contributed by atoms with E-state index in [2.05, 4.69) is 20.4 Å². The molecule has 0 amide bonds. The molecule has 2 heteroatoms. The lowest BCUT2D eigenvalue weighted by atomic mass is 9.58. The van der Waals surface area contributed by atoms with Crippen molar-refractivity contribution in [1.82, 2.24) is 0 Å². The third-order valence-corrected chi connectivity index (χ3v) is 9.22. The Morgan fingerprint density at radius 2 is 2.04 bits per heavy atom. The monoisotopic (exact) mass is 328 g/mol. The normalized spacial score (nSPS) is 57.1. The summed E-state index contributed by atoms with van der Waals surface area (Å²) >= 11 is 0. The number of esters is 1. The van der Waals surface area contributed by atoms with Crippen molar-refractivity contribution < 1.29 is 9.53 Å². The summed E-state index contributed by atoms with van der Waals surface area (Å²) in [5.41, 5.74) is 2.10. The minimum absolute atomic E-state index is 0.0749. The number of rotatable bonds is 2. The van der Waals surface area contributed by atoms with Crippen LogP contribution in [0.5, 0.6) is 0 Å². The fourth-order valence-electron chi connectivity index (χ4n) is 8.73. The molecule has 5 fully saturated rings. The maximum Gasteiger partial charge on any atom is 0.302 e. The van der Waals surface area contributed by atoms with Gasteiger partial charge in [0.05, 0.1) is 0 Å². The number of carbonyl (C=O) groups is 1. The zero-order valence-electron chi connectivity index (χ0n) is 15.5. The van der Waals surface area contributed by atoms with Gasteiger partial charge in [0.25, 0.3) is 0 Å². The molecule has 0 aliphatic heterocycles. The standard InChI is InChI=1S/C22H32O2/c1-5-14-9-22(8-11(14)2)10-15-6-18(22)20-17-7-16(19(15)20)12(3)21(17)24-13(4)23/h12,14-21H,2,5-10H2,1,3-4H3. The highest BCUT2D eigenvalue weighted by Crippen LogP contribution is 2.76. The van der Waals surface area contributed by atoms with Crippen LogP contribution in [0.1, 0.15) is 59.3 Å². The largest absolute Gasteiger partial charge is 0.462 e. The van der Waals surface area contributed by atoms with Crippen LogP contribution in [0.4, 0.5) is 0 Å². The predicted molar refractivity (Wildman–Crippen MR) is 94.1 cm³/mol. The van der Waals surface area contributed by atoms with Crippen molar-refractivity contribution in [3.8, 4) is 0 Å². The lowest BCUT2D eigenvalue weighted by Gasteiger charge is -2.48. The lowest BCUT2D eigenvalue weighted by Crippen LogP contribution is -2.46. The Balaban J connectivity index is 1.44. The second-order valence-corrected chi connectivity index (χ2v) is 9.96. The Labute approximate surface area is 146 Å². The van der Waals surface area contributed by atoms with Crippen LogP contribution in [0, 0.1) is 52.8 Å². The van der Waals surface area contributed by atoms with Crippen molar-refractivity contribution in [3.63, 3.8) is 0 Å². The number of allylic oxidation sites excluding steroid dienone is 1. The van der Waals surface area contributed by atoms with Crippen LogP contribution in [0.15, 0.2) is 12.2 Å². The van der Waals surface area contributed by atoms with E-state index >= 15 is 0 Å². The van der Waals surface area contributed by atoms with Gasteiger partial charge in [-0.05, 0) is 91.3 Å². The molecule has 5 aliphatic rings. The highest BCUT2D eigenvalue weighted by molar-refractivity contribution is 5.66. The summed E-state index contributed by atoms with van der Waals surface area (Å²) in [4.78, 5) is 11.6. The molecule has 0 N–H and O–H groups in total. The van der Waals surface area contributed by atoms with Gasteiger partial charge in [-0.25, -0.2) is 0 Å². The Hall–Kier alpha value is -0.790. The highest BCUT2D eigenvalue weighted by Gasteiger charge is 2.71. The van der Waals surface area contributed by atoms with E-state index in [9.17, 15) is 4.79 Å². The van der Waals surface area contributed by atoms with E-state index in [-0.39, 0.29) is 12.1 Å². The molecule has 5 aliphatic carbocycles. The van der Waals surface area contributed by atoms with Crippen molar-refractivity contribution >= 4 is 5.97 Å². The van der Waals surface area contributed by atoms with Gasteiger partial charge < -0.3 is 4.74 Å². The third kappa shape index (κ3) is 1.76. The van der Waals surface area contributed by atoms with Gasteiger partial charge in [0.2, 0.25) is 0 Å². The molecule has 0 aromatic carbocycles. The molecule has 0 radical (unpaired) electrons. The molecule has 2 nitrogen and oxygen atoms in total. The van der Waals surface area contributed by atoms with Gasteiger partial charge in [0.15, 0.2) is 0 Å². The van der Waals surface area contributed by atoms with E-state index in [1.54, 1.807) is 6.92 Å². The van der Waals surface area contributed by atoms with Crippen molar-refractivity contribution in [1.29, 1.82) is 0 Å². The number of ether oxygens (including phenoxy) is 1. The van der Waals surface area contributed by atoms with Crippen LogP contribution in [0.3, 0.4) is 0 Å². The van der Waals surface area contributed by atoms with Crippen LogP contribution in [-0.2, 0) is 9.53 Å². The summed E-state index contributed by atoms with van der Waals surface area (Å²) in [6.07, 6.45) is 8.44. The maximum absolute atomic E-state index is 11.6. The average molecular weight is 328 g/mol. The number of carbonyl (C=O) groups excluding carboxylic acids is 1. The zero-order chi connectivity index (χ0) is 16.8. The summed E-state index contributed by atoms with van der Waals surface area (Å²) in [5.74, 6) is 6.39. The van der Waals surface area contributed by atoms with E-state index in [1.807, 2.05) is 0 Å². The number of hydrogen-bond acceptors (Lipinski definition) is 2. The molecule has 0 saturated heterocycles. The predicted octanol–water partition coefficient (Wildman–Crippen LogP) is 4.84. The van der Waals surface area contributed by atoms with Crippen molar-refractivity contribution in [2.45, 2.75) is 65.4 Å². The molecule has 5 rings (SSSR count). The van der Waals surface area contributed by atoms with Gasteiger partial charge >= 0.3 is 5.97 Å². The second-order valence-electron chi connectivity index (χ2n) is 9.96. The molecule has 132 valence electrons. The third-order valence-electron chi connectivity index (χ3n) is 9.22. The van der Waals surface area contributed by atoms with E-state index in [4.69, 9.17) is 4.74 Å². The minimum atomic E-state index is -0.0749. The topological polar surface area (TPSA) is 26.3 Å². The molecule has 1 spiro atoms. The quantitative estimate of drug-likeness (QED) is 0.412. The van der Waals surface area contributed by atoms with E-state index in [0.717, 1.165) is 35.5 Å². The van der Waals surface area contributed by atoms with Crippen molar-refractivity contribution in [2.24, 2.45) is 52.8 Å². The number of fused-ring (bicyclic) bond motifs is 10. The molecule has 0 aromatic heterocycles. The first-order valence-corrected chi connectivity index (χ1v) is 10.3. The van der Waals surface area contributed by atoms with Crippen LogP contribution in [-0.4, -0.2) is 12.1 Å². The van der Waals surface area contributed by atoms with E-state index in [1.165, 1.54) is 44.1 Å². The van der Waals surface area contributed by atoms with Crippen molar-refractivity contribution in [2.75, 3.05) is 0 Å². The molecule has 24 heavy (non-hydrogen) atoms. The first kappa shape index (κ1) is 15.5. The van der Waals surface area contributed by atoms with E-state index < -0.39 is 0 Å². The summed E-state index contributed by atoms with van der Waals surface area (Å²) in [6, 6.07) is 0. The van der Waals surface area contributed by atoms with Gasteiger partial charge in [-0.1, -0.05) is 26.0 Å². The Morgan fingerprint density at radius 3 is 2.71 bits per heavy atom. The molecule has 0 heterocycles. The molecular weight excluding hydrogens is 296 g/mol. The van der Waals surface area contributed by atoms with Crippen LogP contribution >= 0.6 is 0 Å². The molecule has 4 bridgehead atoms. The summed E-state index contributed by atoms with van der Waals surface area (Å²) in [7, 11) is 0. The van der Waals surface area contributed by atoms with Crippen LogP contribution in [0.2, 0.25) is 0 Å². The Kier molecular flexibility index (Phi) is 3.15. The Bertz CT molecular complexity index is 595. The SMILES string of the molecule is C=C1CC2(CC1CC)CC1CC2C2C3CC(C(C)C3OC(C)=O)C12. The minimum Gasteiger partial charge on any atom is -0.462 e. The lowest BCUT2D eigenvalue weighted by molar-refractivity contribution is -0.156. The first-order valence-electron chi connectivity index (χ1n) is 10.3. The van der Waals surface area contributed by atoms with Gasteiger partial charge in [-0.15, -0.1) is 0 Å². The fraction of sp³-hybridized carbons (Fsp3) is 0.864. The van der Waals surface area contributed by atoms with Gasteiger partial charge in [-0.3, -0.25) is 4.79 Å². The zero-order valence-corrected chi connectivity index (χ0v) is 15.5. The highest BCUT2D eigenvalue weighted by atomic mass is 16.5. The summed E-state index contributed by atoms with van der Waals surface area (Å²) in [5, 5.41) is 0. The Morgan fingerprint density at radius 1 is 1.25 bits per heavy atom. The fourth-order valence-corrected chi connectivity index (χ4v) is 8.73. The first-order chi connectivity index (χ1) is 11.4. The maximum atomic E-state index is 11.6. The smallest absolute Gasteiger partial charge is 0.302 e. The molecule has 10 atom stereocenters. The molecular formula is C22H32O2. The molecule has 5 saturated carbocycles. The van der Waals surface area contributed by atoms with Gasteiger partial charge in [0, 0.05) is 6.92 Å². The van der Waals surface area contributed by atoms with Gasteiger partial charge in [0.1, 0.15) is 6.10 Å². The van der Waals surface area contributed by atoms with E-state index in [0.29, 0.717) is 17.3 Å². The molecule has 10 unspecified atom stereocenters.